The van der Waals surface area contributed by atoms with Gasteiger partial charge in [-0.25, -0.2) is 0 Å². The summed E-state index contributed by atoms with van der Waals surface area (Å²) in [6.45, 7) is 3.08. The van der Waals surface area contributed by atoms with E-state index in [1.165, 1.54) is 4.90 Å². The van der Waals surface area contributed by atoms with Crippen molar-refractivity contribution in [3.8, 4) is 11.8 Å². The van der Waals surface area contributed by atoms with Gasteiger partial charge in [-0.2, -0.15) is 5.26 Å². The molecule has 0 radical (unpaired) electrons. The molecule has 16 heavy (non-hydrogen) atoms. The van der Waals surface area contributed by atoms with Crippen LogP contribution in [0.2, 0.25) is 0 Å². The molecule has 0 aromatic heterocycles. The van der Waals surface area contributed by atoms with Gasteiger partial charge in [-0.1, -0.05) is 12.1 Å². The Morgan fingerprint density at radius 1 is 1.38 bits per heavy atom. The standard InChI is InChI=1S/C12H14N2O2/c13-9-12(14-4-6-16-7-5-14)10-2-1-3-11(15)8-10/h1-3,8,12,15H,4-7H2/p+1/t12-/m1/s1. The van der Waals surface area contributed by atoms with Crippen LogP contribution in [0, 0.1) is 11.3 Å². The van der Waals surface area contributed by atoms with E-state index in [2.05, 4.69) is 6.07 Å². The van der Waals surface area contributed by atoms with E-state index in [1.807, 2.05) is 6.07 Å². The molecule has 2 N–H and O–H groups in total. The van der Waals surface area contributed by atoms with Gasteiger partial charge in [0.05, 0.1) is 13.2 Å². The minimum Gasteiger partial charge on any atom is -0.508 e. The number of phenolic OH excluding ortho intramolecular Hbond substituents is 1. The maximum absolute atomic E-state index is 9.41. The quantitative estimate of drug-likeness (QED) is 0.728. The van der Waals surface area contributed by atoms with Crippen molar-refractivity contribution < 1.29 is 14.7 Å². The highest BCUT2D eigenvalue weighted by molar-refractivity contribution is 5.30. The van der Waals surface area contributed by atoms with Crippen molar-refractivity contribution in [1.29, 1.82) is 5.26 Å². The fraction of sp³-hybridized carbons (Fsp3) is 0.417. The first-order chi connectivity index (χ1) is 7.81. The second-order valence-electron chi connectivity index (χ2n) is 3.93. The Bertz CT molecular complexity index is 394. The molecule has 4 heteroatoms. The van der Waals surface area contributed by atoms with E-state index in [9.17, 15) is 10.4 Å². The number of benzene rings is 1. The summed E-state index contributed by atoms with van der Waals surface area (Å²) in [6.07, 6.45) is 0. The molecule has 1 aromatic carbocycles. The Kier molecular flexibility index (Phi) is 3.40. The van der Waals surface area contributed by atoms with Gasteiger partial charge in [0, 0.05) is 5.56 Å². The Morgan fingerprint density at radius 3 is 2.75 bits per heavy atom. The first-order valence-corrected chi connectivity index (χ1v) is 5.42. The second kappa shape index (κ2) is 4.97. The maximum atomic E-state index is 9.41. The zero-order valence-electron chi connectivity index (χ0n) is 9.02. The van der Waals surface area contributed by atoms with Crippen molar-refractivity contribution in [3.63, 3.8) is 0 Å². The molecule has 1 aliphatic rings. The number of nitriles is 1. The summed E-state index contributed by atoms with van der Waals surface area (Å²) in [5, 5.41) is 18.6. The highest BCUT2D eigenvalue weighted by Gasteiger charge is 2.26. The molecule has 0 spiro atoms. The van der Waals surface area contributed by atoms with Gasteiger partial charge in [0.15, 0.2) is 0 Å². The first-order valence-electron chi connectivity index (χ1n) is 5.42. The Labute approximate surface area is 94.7 Å². The number of nitrogens with one attached hydrogen (secondary N) is 1. The van der Waals surface area contributed by atoms with E-state index in [-0.39, 0.29) is 11.8 Å². The molecule has 1 heterocycles. The van der Waals surface area contributed by atoms with Crippen molar-refractivity contribution in [2.75, 3.05) is 26.3 Å². The molecule has 0 aliphatic carbocycles. The van der Waals surface area contributed by atoms with Crippen molar-refractivity contribution in [1.82, 2.24) is 0 Å². The van der Waals surface area contributed by atoms with Crippen molar-refractivity contribution in [2.45, 2.75) is 6.04 Å². The first kappa shape index (κ1) is 10.9. The van der Waals surface area contributed by atoms with E-state index in [4.69, 9.17) is 4.74 Å². The molecule has 4 nitrogen and oxygen atoms in total. The molecular weight excluding hydrogens is 204 g/mol. The van der Waals surface area contributed by atoms with Gasteiger partial charge >= 0.3 is 0 Å². The molecular formula is C12H15N2O2+. The Hall–Kier alpha value is -1.57. The summed E-state index contributed by atoms with van der Waals surface area (Å²) >= 11 is 0. The van der Waals surface area contributed by atoms with E-state index >= 15 is 0 Å². The fourth-order valence-corrected chi connectivity index (χ4v) is 2.03. The number of morpholine rings is 1. The summed E-state index contributed by atoms with van der Waals surface area (Å²) in [7, 11) is 0. The SMILES string of the molecule is N#C[C@H](c1cccc(O)c1)[NH+]1CCOCC1. The molecule has 0 bridgehead atoms. The van der Waals surface area contributed by atoms with Gasteiger partial charge in [0.25, 0.3) is 0 Å². The van der Waals surface area contributed by atoms with Gasteiger partial charge in [-0.3, -0.25) is 0 Å². The molecule has 1 aliphatic heterocycles. The number of nitrogens with zero attached hydrogens (tertiary/aromatic N) is 1. The second-order valence-corrected chi connectivity index (χ2v) is 3.93. The predicted molar refractivity (Wildman–Crippen MR) is 58.0 cm³/mol. The lowest BCUT2D eigenvalue weighted by Gasteiger charge is -2.27. The Morgan fingerprint density at radius 2 is 2.12 bits per heavy atom. The third-order valence-corrected chi connectivity index (χ3v) is 2.88. The lowest BCUT2D eigenvalue weighted by Crippen LogP contribution is -3.14. The molecule has 1 aromatic rings. The number of hydrogen-bond donors (Lipinski definition) is 2. The van der Waals surface area contributed by atoms with Gasteiger partial charge in [0.2, 0.25) is 6.04 Å². The summed E-state index contributed by atoms with van der Waals surface area (Å²) in [4.78, 5) is 1.21. The topological polar surface area (TPSA) is 57.7 Å². The van der Waals surface area contributed by atoms with Crippen LogP contribution in [0.25, 0.3) is 0 Å². The smallest absolute Gasteiger partial charge is 0.201 e. The van der Waals surface area contributed by atoms with Gasteiger partial charge in [-0.05, 0) is 12.1 Å². The normalized spacial score (nSPS) is 18.9. The van der Waals surface area contributed by atoms with Crippen molar-refractivity contribution in [2.24, 2.45) is 0 Å². The lowest BCUT2D eigenvalue weighted by atomic mass is 10.1. The number of hydrogen-bond acceptors (Lipinski definition) is 3. The molecule has 1 atom stereocenters. The average Bonchev–Trinajstić information content (AvgIpc) is 2.31. The highest BCUT2D eigenvalue weighted by atomic mass is 16.5. The minimum absolute atomic E-state index is 0.212. The van der Waals surface area contributed by atoms with E-state index in [0.717, 1.165) is 18.7 Å². The monoisotopic (exact) mass is 219 g/mol. The molecule has 2 rings (SSSR count). The van der Waals surface area contributed by atoms with Crippen LogP contribution in [-0.2, 0) is 4.74 Å². The van der Waals surface area contributed by atoms with E-state index in [0.29, 0.717) is 13.2 Å². The zero-order chi connectivity index (χ0) is 11.4. The fourth-order valence-electron chi connectivity index (χ4n) is 2.03. The van der Waals surface area contributed by atoms with Crippen LogP contribution >= 0.6 is 0 Å². The summed E-state index contributed by atoms with van der Waals surface area (Å²) in [5.41, 5.74) is 0.874. The van der Waals surface area contributed by atoms with E-state index < -0.39 is 0 Å². The van der Waals surface area contributed by atoms with Crippen molar-refractivity contribution in [3.05, 3.63) is 29.8 Å². The summed E-state index contributed by atoms with van der Waals surface area (Å²) in [6, 6.07) is 9.04. The van der Waals surface area contributed by atoms with Crippen LogP contribution in [0.3, 0.4) is 0 Å². The van der Waals surface area contributed by atoms with Crippen LogP contribution in [0.15, 0.2) is 24.3 Å². The molecule has 1 fully saturated rings. The zero-order valence-corrected chi connectivity index (χ0v) is 9.02. The highest BCUT2D eigenvalue weighted by Crippen LogP contribution is 2.15. The molecule has 1 saturated heterocycles. The number of phenols is 1. The molecule has 0 saturated carbocycles. The minimum atomic E-state index is -0.212. The van der Waals surface area contributed by atoms with Gasteiger partial charge in [0.1, 0.15) is 24.9 Å². The maximum Gasteiger partial charge on any atom is 0.201 e. The molecule has 0 amide bonds. The van der Waals surface area contributed by atoms with Crippen LogP contribution in [0.4, 0.5) is 0 Å². The third kappa shape index (κ3) is 2.32. The van der Waals surface area contributed by atoms with Crippen LogP contribution in [0.1, 0.15) is 11.6 Å². The number of aromatic hydroxyl groups is 1. The number of rotatable bonds is 2. The molecule has 84 valence electrons. The molecule has 0 unspecified atom stereocenters. The van der Waals surface area contributed by atoms with Gasteiger partial charge in [-0.15, -0.1) is 0 Å². The largest absolute Gasteiger partial charge is 0.508 e. The Balaban J connectivity index is 2.18. The summed E-state index contributed by atoms with van der Waals surface area (Å²) < 4.78 is 5.27. The average molecular weight is 219 g/mol. The summed E-state index contributed by atoms with van der Waals surface area (Å²) in [5.74, 6) is 0.213. The predicted octanol–water partition coefficient (Wildman–Crippen LogP) is -0.128. The third-order valence-electron chi connectivity index (χ3n) is 2.88. The number of quaternary nitrogens is 1. The van der Waals surface area contributed by atoms with E-state index in [1.54, 1.807) is 18.2 Å². The lowest BCUT2D eigenvalue weighted by molar-refractivity contribution is -0.930. The number of ether oxygens (including phenoxy) is 1. The van der Waals surface area contributed by atoms with Crippen LogP contribution in [0.5, 0.6) is 5.75 Å². The van der Waals surface area contributed by atoms with Crippen molar-refractivity contribution >= 4 is 0 Å². The van der Waals surface area contributed by atoms with Crippen LogP contribution in [-0.4, -0.2) is 31.4 Å². The van der Waals surface area contributed by atoms with Gasteiger partial charge < -0.3 is 14.7 Å². The van der Waals surface area contributed by atoms with Crippen LogP contribution < -0.4 is 4.90 Å².